The van der Waals surface area contributed by atoms with Crippen LogP contribution in [0.4, 0.5) is 0 Å². The summed E-state index contributed by atoms with van der Waals surface area (Å²) < 4.78 is 13.5. The van der Waals surface area contributed by atoms with Crippen LogP contribution < -0.4 is 10.1 Å². The summed E-state index contributed by atoms with van der Waals surface area (Å²) in [7, 11) is 1.78. The third-order valence-electron chi connectivity index (χ3n) is 5.71. The molecule has 8 nitrogen and oxygen atoms in total. The number of benzene rings is 1. The monoisotopic (exact) mass is 412 g/mol. The van der Waals surface area contributed by atoms with Crippen molar-refractivity contribution in [3.63, 3.8) is 0 Å². The molecular weight excluding hydrogens is 384 g/mol. The molecule has 1 aromatic heterocycles. The van der Waals surface area contributed by atoms with Crippen LogP contribution in [0.2, 0.25) is 0 Å². The van der Waals surface area contributed by atoms with Gasteiger partial charge in [-0.25, -0.2) is 0 Å². The lowest BCUT2D eigenvalue weighted by Crippen LogP contribution is -2.61. The quantitative estimate of drug-likeness (QED) is 0.768. The lowest BCUT2D eigenvalue weighted by Gasteiger charge is -2.41. The number of amides is 2. The van der Waals surface area contributed by atoms with Crippen LogP contribution in [0, 0.1) is 0 Å². The van der Waals surface area contributed by atoms with Crippen molar-refractivity contribution in [3.8, 4) is 5.75 Å². The summed E-state index contributed by atoms with van der Waals surface area (Å²) in [5.74, 6) is 0.524. The van der Waals surface area contributed by atoms with Crippen LogP contribution in [0.15, 0.2) is 36.5 Å². The number of hydrogen-bond acceptors (Lipinski definition) is 5. The smallest absolute Gasteiger partial charge is 0.274 e. The molecule has 30 heavy (non-hydrogen) atoms. The predicted octanol–water partition coefficient (Wildman–Crippen LogP) is 1.55. The molecule has 2 aliphatic rings. The van der Waals surface area contributed by atoms with Crippen molar-refractivity contribution in [1.82, 2.24) is 20.0 Å². The Bertz CT molecular complexity index is 912. The zero-order valence-corrected chi connectivity index (χ0v) is 17.3. The first kappa shape index (κ1) is 20.4. The van der Waals surface area contributed by atoms with E-state index < -0.39 is 5.60 Å². The van der Waals surface area contributed by atoms with Gasteiger partial charge in [0.15, 0.2) is 5.60 Å². The molecule has 0 saturated carbocycles. The minimum Gasteiger partial charge on any atom is -0.491 e. The van der Waals surface area contributed by atoms with Crippen LogP contribution in [-0.2, 0) is 23.0 Å². The number of aryl methyl sites for hydroxylation is 2. The fraction of sp³-hybridized carbons (Fsp3) is 0.500. The predicted molar refractivity (Wildman–Crippen MR) is 110 cm³/mol. The molecule has 0 aliphatic carbocycles. The summed E-state index contributed by atoms with van der Waals surface area (Å²) in [5, 5.41) is 7.16. The normalized spacial score (nSPS) is 23.0. The Morgan fingerprint density at radius 3 is 2.90 bits per heavy atom. The van der Waals surface area contributed by atoms with Gasteiger partial charge < -0.3 is 19.7 Å². The Labute approximate surface area is 176 Å². The zero-order chi connectivity index (χ0) is 21.0. The maximum absolute atomic E-state index is 13.1. The molecular formula is C22H28N4O4. The first-order valence-electron chi connectivity index (χ1n) is 10.5. The maximum atomic E-state index is 13.1. The van der Waals surface area contributed by atoms with Gasteiger partial charge >= 0.3 is 0 Å². The van der Waals surface area contributed by atoms with Crippen LogP contribution in [0.25, 0.3) is 0 Å². The van der Waals surface area contributed by atoms with E-state index in [-0.39, 0.29) is 18.4 Å². The van der Waals surface area contributed by atoms with Gasteiger partial charge in [0.1, 0.15) is 18.1 Å². The molecule has 160 valence electrons. The number of nitrogens with zero attached hydrogens (tertiary/aromatic N) is 3. The highest BCUT2D eigenvalue weighted by Crippen LogP contribution is 2.28. The van der Waals surface area contributed by atoms with Crippen LogP contribution in [0.5, 0.6) is 5.75 Å². The summed E-state index contributed by atoms with van der Waals surface area (Å²) in [6.07, 6.45) is 4.91. The molecule has 2 aliphatic heterocycles. The van der Waals surface area contributed by atoms with Crippen molar-refractivity contribution < 1.29 is 19.1 Å². The highest BCUT2D eigenvalue weighted by atomic mass is 16.5. The lowest BCUT2D eigenvalue weighted by atomic mass is 9.91. The third-order valence-corrected chi connectivity index (χ3v) is 5.71. The van der Waals surface area contributed by atoms with E-state index >= 15 is 0 Å². The van der Waals surface area contributed by atoms with Gasteiger partial charge in [0.25, 0.3) is 11.8 Å². The molecule has 0 radical (unpaired) electrons. The van der Waals surface area contributed by atoms with Gasteiger partial charge in [0.05, 0.1) is 19.7 Å². The highest BCUT2D eigenvalue weighted by Gasteiger charge is 2.44. The van der Waals surface area contributed by atoms with E-state index in [9.17, 15) is 9.59 Å². The fourth-order valence-electron chi connectivity index (χ4n) is 4.11. The van der Waals surface area contributed by atoms with Crippen LogP contribution in [-0.4, -0.2) is 64.9 Å². The van der Waals surface area contributed by atoms with Gasteiger partial charge in [-0.15, -0.1) is 0 Å². The number of morpholine rings is 1. The van der Waals surface area contributed by atoms with Crippen LogP contribution in [0.1, 0.15) is 35.3 Å². The molecule has 1 aromatic carbocycles. The number of aromatic nitrogens is 2. The Kier molecular flexibility index (Phi) is 6.03. The number of ether oxygens (including phenoxy) is 2. The average Bonchev–Trinajstić information content (AvgIpc) is 3.20. The Morgan fingerprint density at radius 1 is 1.20 bits per heavy atom. The van der Waals surface area contributed by atoms with Crippen LogP contribution in [0.3, 0.4) is 0 Å². The van der Waals surface area contributed by atoms with Gasteiger partial charge in [0, 0.05) is 19.8 Å². The summed E-state index contributed by atoms with van der Waals surface area (Å²) in [4.78, 5) is 27.7. The van der Waals surface area contributed by atoms with Crippen molar-refractivity contribution in [1.29, 1.82) is 0 Å². The molecule has 8 heteroatoms. The number of hydrogen-bond donors (Lipinski definition) is 1. The maximum Gasteiger partial charge on any atom is 0.274 e. The van der Waals surface area contributed by atoms with Gasteiger partial charge in [-0.2, -0.15) is 5.10 Å². The Balaban J connectivity index is 1.49. The highest BCUT2D eigenvalue weighted by molar-refractivity contribution is 5.93. The minimum absolute atomic E-state index is 0.172. The second-order valence-corrected chi connectivity index (χ2v) is 7.86. The standard InChI is InChI=1S/C22H28N4O4/c1-25-12-9-18(24-25)20(27)26-13-15-30-22(16-26)10-5-4-7-17-6-2-3-8-19(17)29-14-11-23-21(22)28/h2-3,6,8-9,12H,4-5,7,10-11,13-16H2,1H3,(H,23,28). The second-order valence-electron chi connectivity index (χ2n) is 7.86. The van der Waals surface area contributed by atoms with Gasteiger partial charge in [-0.1, -0.05) is 18.2 Å². The SMILES string of the molecule is Cn1ccc(C(=O)N2CCOC3(CCCCc4ccccc4OCCNC3=O)C2)n1. The molecule has 4 rings (SSSR count). The molecule has 1 unspecified atom stereocenters. The average molecular weight is 412 g/mol. The molecule has 1 fully saturated rings. The van der Waals surface area contributed by atoms with Crippen molar-refractivity contribution in [2.24, 2.45) is 7.05 Å². The molecule has 3 heterocycles. The van der Waals surface area contributed by atoms with E-state index in [4.69, 9.17) is 9.47 Å². The molecule has 0 bridgehead atoms. The summed E-state index contributed by atoms with van der Waals surface area (Å²) >= 11 is 0. The van der Waals surface area contributed by atoms with Gasteiger partial charge in [0.2, 0.25) is 0 Å². The number of nitrogens with one attached hydrogen (secondary N) is 1. The largest absolute Gasteiger partial charge is 0.491 e. The molecule has 1 saturated heterocycles. The van der Waals surface area contributed by atoms with E-state index in [0.29, 0.717) is 38.4 Å². The Morgan fingerprint density at radius 2 is 2.07 bits per heavy atom. The number of carbonyl (C=O) groups is 2. The van der Waals surface area contributed by atoms with E-state index in [2.05, 4.69) is 16.5 Å². The zero-order valence-electron chi connectivity index (χ0n) is 17.3. The molecule has 1 atom stereocenters. The molecule has 1 spiro atoms. The summed E-state index contributed by atoms with van der Waals surface area (Å²) in [5.41, 5.74) is 0.518. The molecule has 1 N–H and O–H groups in total. The second kappa shape index (κ2) is 8.87. The van der Waals surface area contributed by atoms with Crippen molar-refractivity contribution >= 4 is 11.8 Å². The number of fused-ring (bicyclic) bond motifs is 1. The molecule has 2 amide bonds. The lowest BCUT2D eigenvalue weighted by molar-refractivity contribution is -0.159. The van der Waals surface area contributed by atoms with Crippen molar-refractivity contribution in [3.05, 3.63) is 47.8 Å². The topological polar surface area (TPSA) is 85.7 Å². The van der Waals surface area contributed by atoms with Crippen molar-refractivity contribution in [2.75, 3.05) is 32.8 Å². The number of para-hydroxylation sites is 1. The number of carbonyl (C=O) groups excluding carboxylic acids is 2. The van der Waals surface area contributed by atoms with Gasteiger partial charge in [-0.3, -0.25) is 14.3 Å². The Hall–Kier alpha value is -2.87. The van der Waals surface area contributed by atoms with E-state index in [0.717, 1.165) is 25.0 Å². The molecule has 2 aromatic rings. The van der Waals surface area contributed by atoms with Gasteiger partial charge in [-0.05, 0) is 43.4 Å². The first-order valence-corrected chi connectivity index (χ1v) is 10.5. The van der Waals surface area contributed by atoms with E-state index in [1.807, 2.05) is 18.2 Å². The third kappa shape index (κ3) is 4.33. The van der Waals surface area contributed by atoms with E-state index in [1.165, 1.54) is 5.56 Å². The number of rotatable bonds is 1. The first-order chi connectivity index (χ1) is 14.6. The summed E-state index contributed by atoms with van der Waals surface area (Å²) in [6.45, 7) is 1.76. The fourth-order valence-corrected chi connectivity index (χ4v) is 4.11. The van der Waals surface area contributed by atoms with Crippen molar-refractivity contribution in [2.45, 2.75) is 31.3 Å². The van der Waals surface area contributed by atoms with Crippen LogP contribution >= 0.6 is 0 Å². The summed E-state index contributed by atoms with van der Waals surface area (Å²) in [6, 6.07) is 9.72. The minimum atomic E-state index is -1.04. The van der Waals surface area contributed by atoms with E-state index in [1.54, 1.807) is 28.9 Å².